The summed E-state index contributed by atoms with van der Waals surface area (Å²) in [5.74, 6) is 0. The third-order valence-electron chi connectivity index (χ3n) is 4.74. The molecule has 17 heavy (non-hydrogen) atoms. The van der Waals surface area contributed by atoms with Crippen molar-refractivity contribution in [2.45, 2.75) is 85.4 Å². The molecule has 0 amide bonds. The largest absolute Gasteiger partial charge is 0.390 e. The second-order valence-corrected chi connectivity index (χ2v) is 5.45. The van der Waals surface area contributed by atoms with Crippen LogP contribution in [0.3, 0.4) is 0 Å². The van der Waals surface area contributed by atoms with Crippen LogP contribution in [-0.4, -0.2) is 23.4 Å². The van der Waals surface area contributed by atoms with Gasteiger partial charge in [-0.1, -0.05) is 27.7 Å². The van der Waals surface area contributed by atoms with E-state index in [4.69, 9.17) is 4.74 Å². The van der Waals surface area contributed by atoms with E-state index in [1.54, 1.807) is 0 Å². The highest BCUT2D eigenvalue weighted by Crippen LogP contribution is 2.43. The van der Waals surface area contributed by atoms with Gasteiger partial charge in [0, 0.05) is 12.0 Å². The van der Waals surface area contributed by atoms with Crippen LogP contribution in [0.25, 0.3) is 0 Å². The zero-order valence-electron chi connectivity index (χ0n) is 12.7. The van der Waals surface area contributed by atoms with Crippen molar-refractivity contribution in [1.82, 2.24) is 0 Å². The van der Waals surface area contributed by atoms with Gasteiger partial charge in [-0.3, -0.25) is 0 Å². The molecule has 2 heteroatoms. The quantitative estimate of drug-likeness (QED) is 0.660. The summed E-state index contributed by atoms with van der Waals surface area (Å²) in [4.78, 5) is 0. The van der Waals surface area contributed by atoms with Crippen molar-refractivity contribution in [3.63, 3.8) is 0 Å². The van der Waals surface area contributed by atoms with Crippen molar-refractivity contribution < 1.29 is 9.84 Å². The van der Waals surface area contributed by atoms with E-state index < -0.39 is 5.60 Å². The molecule has 0 radical (unpaired) electrons. The van der Waals surface area contributed by atoms with Gasteiger partial charge < -0.3 is 9.84 Å². The summed E-state index contributed by atoms with van der Waals surface area (Å²) in [6.45, 7) is 13.4. The molecule has 0 aromatic carbocycles. The summed E-state index contributed by atoms with van der Waals surface area (Å²) in [7, 11) is 0. The van der Waals surface area contributed by atoms with E-state index in [0.29, 0.717) is 6.10 Å². The van der Waals surface area contributed by atoms with E-state index in [9.17, 15) is 5.11 Å². The topological polar surface area (TPSA) is 29.5 Å². The minimum Gasteiger partial charge on any atom is -0.390 e. The van der Waals surface area contributed by atoms with E-state index >= 15 is 0 Å². The van der Waals surface area contributed by atoms with E-state index in [-0.39, 0.29) is 5.41 Å². The molecule has 2 unspecified atom stereocenters. The second kappa shape index (κ2) is 7.38. The lowest BCUT2D eigenvalue weighted by molar-refractivity contribution is -0.0976. The molecule has 0 fully saturated rings. The minimum atomic E-state index is -0.588. The Morgan fingerprint density at radius 3 is 1.94 bits per heavy atom. The molecule has 0 aromatic rings. The summed E-state index contributed by atoms with van der Waals surface area (Å²) in [5.41, 5.74) is -0.593. The zero-order valence-corrected chi connectivity index (χ0v) is 12.7. The zero-order chi connectivity index (χ0) is 13.5. The predicted molar refractivity (Wildman–Crippen MR) is 74.3 cm³/mol. The summed E-state index contributed by atoms with van der Waals surface area (Å²) >= 11 is 0. The number of hydrogen-bond acceptors (Lipinski definition) is 2. The van der Waals surface area contributed by atoms with Gasteiger partial charge in [-0.05, 0) is 46.0 Å². The van der Waals surface area contributed by atoms with Gasteiger partial charge in [-0.25, -0.2) is 0 Å². The Morgan fingerprint density at radius 1 is 1.06 bits per heavy atom. The van der Waals surface area contributed by atoms with Crippen LogP contribution in [0.15, 0.2) is 0 Å². The van der Waals surface area contributed by atoms with Crippen molar-refractivity contribution in [2.75, 3.05) is 6.61 Å². The molecule has 2 atom stereocenters. The first-order chi connectivity index (χ1) is 7.89. The molecule has 0 saturated heterocycles. The van der Waals surface area contributed by atoms with Crippen LogP contribution >= 0.6 is 0 Å². The molecule has 0 spiro atoms. The Balaban J connectivity index is 4.52. The molecule has 0 bridgehead atoms. The van der Waals surface area contributed by atoms with Gasteiger partial charge in [0.15, 0.2) is 0 Å². The molecule has 0 aliphatic rings. The van der Waals surface area contributed by atoms with Gasteiger partial charge in [-0.2, -0.15) is 0 Å². The Labute approximate surface area is 108 Å². The molecule has 104 valence electrons. The van der Waals surface area contributed by atoms with E-state index in [0.717, 1.165) is 38.7 Å². The smallest absolute Gasteiger partial charge is 0.0673 e. The molecule has 2 nitrogen and oxygen atoms in total. The van der Waals surface area contributed by atoms with Crippen LogP contribution in [-0.2, 0) is 4.74 Å². The van der Waals surface area contributed by atoms with Crippen LogP contribution in [0.4, 0.5) is 0 Å². The van der Waals surface area contributed by atoms with Gasteiger partial charge in [0.2, 0.25) is 0 Å². The van der Waals surface area contributed by atoms with Crippen molar-refractivity contribution in [1.29, 1.82) is 0 Å². The van der Waals surface area contributed by atoms with Gasteiger partial charge in [0.25, 0.3) is 0 Å². The highest BCUT2D eigenvalue weighted by Gasteiger charge is 2.42. The van der Waals surface area contributed by atoms with Crippen LogP contribution in [0, 0.1) is 5.41 Å². The maximum Gasteiger partial charge on any atom is 0.0673 e. The van der Waals surface area contributed by atoms with Crippen LogP contribution in [0.1, 0.15) is 73.6 Å². The Kier molecular flexibility index (Phi) is 7.34. The highest BCUT2D eigenvalue weighted by atomic mass is 16.5. The normalized spacial score (nSPS) is 17.8. The van der Waals surface area contributed by atoms with Gasteiger partial charge in [0.1, 0.15) is 0 Å². The average Bonchev–Trinajstić information content (AvgIpc) is 2.34. The van der Waals surface area contributed by atoms with E-state index in [1.807, 2.05) is 6.92 Å². The number of rotatable bonds is 9. The maximum atomic E-state index is 10.6. The molecule has 0 saturated carbocycles. The lowest BCUT2D eigenvalue weighted by Crippen LogP contribution is -2.45. The molecule has 0 aliphatic carbocycles. The lowest BCUT2D eigenvalue weighted by Gasteiger charge is -2.44. The summed E-state index contributed by atoms with van der Waals surface area (Å²) in [6, 6.07) is 0. The fraction of sp³-hybridized carbons (Fsp3) is 1.00. The first-order valence-electron chi connectivity index (χ1n) is 7.23. The van der Waals surface area contributed by atoms with Gasteiger partial charge in [-0.15, -0.1) is 0 Å². The Hall–Kier alpha value is -0.0800. The fourth-order valence-electron chi connectivity index (χ4n) is 2.58. The maximum absolute atomic E-state index is 10.6. The van der Waals surface area contributed by atoms with Crippen molar-refractivity contribution in [3.8, 4) is 0 Å². The van der Waals surface area contributed by atoms with Gasteiger partial charge >= 0.3 is 0 Å². The summed E-state index contributed by atoms with van der Waals surface area (Å²) in [5, 5.41) is 10.6. The monoisotopic (exact) mass is 244 g/mol. The minimum absolute atomic E-state index is 0.00475. The molecule has 1 N–H and O–H groups in total. The molecule has 0 aliphatic heterocycles. The SMILES string of the molecule is CCC(C)OCCC(CC)(CC)C(C)(O)CC. The van der Waals surface area contributed by atoms with Crippen molar-refractivity contribution in [3.05, 3.63) is 0 Å². The third-order valence-corrected chi connectivity index (χ3v) is 4.74. The fourth-order valence-corrected chi connectivity index (χ4v) is 2.58. The molecule has 0 aromatic heterocycles. The first kappa shape index (κ1) is 16.9. The summed E-state index contributed by atoms with van der Waals surface area (Å²) < 4.78 is 5.78. The van der Waals surface area contributed by atoms with E-state index in [2.05, 4.69) is 34.6 Å². The predicted octanol–water partition coefficient (Wildman–Crippen LogP) is 4.16. The Morgan fingerprint density at radius 2 is 1.59 bits per heavy atom. The highest BCUT2D eigenvalue weighted by molar-refractivity contribution is 4.93. The van der Waals surface area contributed by atoms with Crippen molar-refractivity contribution in [2.24, 2.45) is 5.41 Å². The molecular formula is C15H32O2. The standard InChI is InChI=1S/C15H32O2/c1-7-13(5)17-12-11-15(9-3,10-4)14(6,16)8-2/h13,16H,7-12H2,1-6H3. The molecule has 0 rings (SSSR count). The lowest BCUT2D eigenvalue weighted by atomic mass is 9.66. The average molecular weight is 244 g/mol. The van der Waals surface area contributed by atoms with Gasteiger partial charge in [0.05, 0.1) is 11.7 Å². The van der Waals surface area contributed by atoms with Crippen LogP contribution in [0.5, 0.6) is 0 Å². The first-order valence-corrected chi connectivity index (χ1v) is 7.23. The Bertz CT molecular complexity index is 195. The second-order valence-electron chi connectivity index (χ2n) is 5.45. The molecular weight excluding hydrogens is 212 g/mol. The van der Waals surface area contributed by atoms with E-state index in [1.165, 1.54) is 0 Å². The molecule has 0 heterocycles. The summed E-state index contributed by atoms with van der Waals surface area (Å²) in [6.07, 6.45) is 5.15. The number of hydrogen-bond donors (Lipinski definition) is 1. The van der Waals surface area contributed by atoms with Crippen molar-refractivity contribution >= 4 is 0 Å². The van der Waals surface area contributed by atoms with Crippen LogP contribution < -0.4 is 0 Å². The number of aliphatic hydroxyl groups is 1. The number of ether oxygens (including phenoxy) is 1. The third kappa shape index (κ3) is 4.26. The van der Waals surface area contributed by atoms with Crippen LogP contribution in [0.2, 0.25) is 0 Å².